The van der Waals surface area contributed by atoms with Gasteiger partial charge in [0.2, 0.25) is 0 Å². The third-order valence-corrected chi connectivity index (χ3v) is 4.28. The first-order chi connectivity index (χ1) is 13.8. The molecule has 0 aliphatic rings. The number of alkyl halides is 3. The second-order valence-electron chi connectivity index (χ2n) is 6.32. The second kappa shape index (κ2) is 7.01. The first-order valence-corrected chi connectivity index (χ1v) is 8.58. The van der Waals surface area contributed by atoms with E-state index in [0.29, 0.717) is 5.69 Å². The Balaban J connectivity index is 1.75. The number of aryl methyl sites for hydroxylation is 1. The van der Waals surface area contributed by atoms with Gasteiger partial charge in [-0.25, -0.2) is 9.50 Å². The maximum absolute atomic E-state index is 13.4. The molecule has 0 radical (unpaired) electrons. The molecular formula is C20H14F3N5O. The zero-order valence-electron chi connectivity index (χ0n) is 15.1. The highest BCUT2D eigenvalue weighted by molar-refractivity contribution is 6.08. The molecule has 146 valence electrons. The van der Waals surface area contributed by atoms with Gasteiger partial charge in [-0.1, -0.05) is 18.2 Å². The molecule has 0 unspecified atom stereocenters. The molecule has 1 amide bonds. The molecule has 0 fully saturated rings. The summed E-state index contributed by atoms with van der Waals surface area (Å²) >= 11 is 0. The quantitative estimate of drug-likeness (QED) is 0.557. The summed E-state index contributed by atoms with van der Waals surface area (Å²) in [6, 6.07) is 9.93. The molecule has 3 aromatic heterocycles. The average Bonchev–Trinajstić information content (AvgIpc) is 3.10. The van der Waals surface area contributed by atoms with E-state index in [-0.39, 0.29) is 22.5 Å². The Bertz CT molecular complexity index is 1220. The number of rotatable bonds is 3. The van der Waals surface area contributed by atoms with Crippen LogP contribution in [0.25, 0.3) is 16.9 Å². The lowest BCUT2D eigenvalue weighted by Gasteiger charge is -2.12. The molecule has 29 heavy (non-hydrogen) atoms. The van der Waals surface area contributed by atoms with Crippen LogP contribution in [0.15, 0.2) is 61.1 Å². The van der Waals surface area contributed by atoms with Gasteiger partial charge in [0.1, 0.15) is 5.56 Å². The molecule has 6 nitrogen and oxygen atoms in total. The Morgan fingerprint density at radius 3 is 2.69 bits per heavy atom. The lowest BCUT2D eigenvalue weighted by Crippen LogP contribution is -2.12. The molecule has 0 spiro atoms. The number of pyridine rings is 1. The van der Waals surface area contributed by atoms with Gasteiger partial charge in [-0.05, 0) is 31.2 Å². The average molecular weight is 397 g/mol. The lowest BCUT2D eigenvalue weighted by atomic mass is 10.0. The van der Waals surface area contributed by atoms with Crippen molar-refractivity contribution in [1.29, 1.82) is 0 Å². The van der Waals surface area contributed by atoms with Crippen molar-refractivity contribution in [1.82, 2.24) is 19.6 Å². The third kappa shape index (κ3) is 3.66. The standard InChI is InChI=1S/C20H14F3N5O/c1-12-10-13(6-8-24-12)26-19(29)15-11-25-28-9-7-17(27-18(15)28)14-4-2-3-5-16(14)20(21,22)23/h2-11H,1H3,(H,24,26,29). The van der Waals surface area contributed by atoms with Gasteiger partial charge < -0.3 is 5.32 Å². The number of hydrogen-bond acceptors (Lipinski definition) is 4. The molecular weight excluding hydrogens is 383 g/mol. The zero-order chi connectivity index (χ0) is 20.6. The van der Waals surface area contributed by atoms with Crippen molar-refractivity contribution < 1.29 is 18.0 Å². The van der Waals surface area contributed by atoms with Crippen molar-refractivity contribution in [3.8, 4) is 11.3 Å². The van der Waals surface area contributed by atoms with Gasteiger partial charge in [0.05, 0.1) is 17.5 Å². The van der Waals surface area contributed by atoms with Crippen LogP contribution in [-0.2, 0) is 6.18 Å². The highest BCUT2D eigenvalue weighted by atomic mass is 19.4. The van der Waals surface area contributed by atoms with Crippen LogP contribution in [0.5, 0.6) is 0 Å². The van der Waals surface area contributed by atoms with E-state index < -0.39 is 17.6 Å². The van der Waals surface area contributed by atoms with Gasteiger partial charge in [0.25, 0.3) is 5.91 Å². The van der Waals surface area contributed by atoms with Gasteiger partial charge in [-0.15, -0.1) is 0 Å². The number of carbonyl (C=O) groups is 1. The summed E-state index contributed by atoms with van der Waals surface area (Å²) in [5, 5.41) is 6.78. The Kier molecular flexibility index (Phi) is 4.50. The van der Waals surface area contributed by atoms with Crippen LogP contribution in [0, 0.1) is 6.92 Å². The molecule has 4 aromatic rings. The maximum Gasteiger partial charge on any atom is 0.417 e. The third-order valence-electron chi connectivity index (χ3n) is 4.28. The molecule has 0 aliphatic heterocycles. The minimum Gasteiger partial charge on any atom is -0.322 e. The molecule has 1 N–H and O–H groups in total. The predicted molar refractivity (Wildman–Crippen MR) is 100 cm³/mol. The van der Waals surface area contributed by atoms with Crippen LogP contribution in [0.2, 0.25) is 0 Å². The number of anilines is 1. The van der Waals surface area contributed by atoms with E-state index in [2.05, 4.69) is 20.4 Å². The van der Waals surface area contributed by atoms with E-state index in [1.807, 2.05) is 0 Å². The van der Waals surface area contributed by atoms with Crippen LogP contribution in [0.3, 0.4) is 0 Å². The number of aromatic nitrogens is 4. The first-order valence-electron chi connectivity index (χ1n) is 8.58. The second-order valence-corrected chi connectivity index (χ2v) is 6.32. The number of halogens is 3. The van der Waals surface area contributed by atoms with E-state index in [9.17, 15) is 18.0 Å². The minimum atomic E-state index is -4.52. The Labute approximate surface area is 163 Å². The fourth-order valence-corrected chi connectivity index (χ4v) is 2.95. The minimum absolute atomic E-state index is 0.0696. The summed E-state index contributed by atoms with van der Waals surface area (Å²) in [6.07, 6.45) is -0.168. The maximum atomic E-state index is 13.4. The van der Waals surface area contributed by atoms with E-state index >= 15 is 0 Å². The Morgan fingerprint density at radius 2 is 1.93 bits per heavy atom. The zero-order valence-corrected chi connectivity index (χ0v) is 15.1. The molecule has 4 rings (SSSR count). The van der Waals surface area contributed by atoms with Gasteiger partial charge in [-0.2, -0.15) is 18.3 Å². The SMILES string of the molecule is Cc1cc(NC(=O)c2cnn3ccc(-c4ccccc4C(F)(F)F)nc23)ccn1. The lowest BCUT2D eigenvalue weighted by molar-refractivity contribution is -0.137. The van der Waals surface area contributed by atoms with Crippen LogP contribution in [0.4, 0.5) is 18.9 Å². The summed E-state index contributed by atoms with van der Waals surface area (Å²) in [5.41, 5.74) is 0.801. The first kappa shape index (κ1) is 18.6. The number of fused-ring (bicyclic) bond motifs is 1. The predicted octanol–water partition coefficient (Wildman–Crippen LogP) is 4.37. The fourth-order valence-electron chi connectivity index (χ4n) is 2.95. The van der Waals surface area contributed by atoms with Crippen molar-refractivity contribution >= 4 is 17.2 Å². The van der Waals surface area contributed by atoms with Gasteiger partial charge in [-0.3, -0.25) is 9.78 Å². The normalized spacial score (nSPS) is 11.6. The largest absolute Gasteiger partial charge is 0.417 e. The topological polar surface area (TPSA) is 72.2 Å². The van der Waals surface area contributed by atoms with E-state index in [0.717, 1.165) is 11.8 Å². The van der Waals surface area contributed by atoms with Crippen molar-refractivity contribution in [3.63, 3.8) is 0 Å². The fraction of sp³-hybridized carbons (Fsp3) is 0.100. The van der Waals surface area contributed by atoms with Crippen molar-refractivity contribution in [3.05, 3.63) is 77.9 Å². The molecule has 0 saturated heterocycles. The van der Waals surface area contributed by atoms with E-state index in [4.69, 9.17) is 0 Å². The number of benzene rings is 1. The number of carbonyl (C=O) groups excluding carboxylic acids is 1. The van der Waals surface area contributed by atoms with Crippen LogP contribution in [-0.4, -0.2) is 25.5 Å². The molecule has 0 saturated carbocycles. The van der Waals surface area contributed by atoms with Crippen molar-refractivity contribution in [2.24, 2.45) is 0 Å². The van der Waals surface area contributed by atoms with E-state index in [1.54, 1.807) is 25.3 Å². The molecule has 0 bridgehead atoms. The molecule has 0 atom stereocenters. The summed E-state index contributed by atoms with van der Waals surface area (Å²) in [6.45, 7) is 1.79. The number of nitrogens with one attached hydrogen (secondary N) is 1. The monoisotopic (exact) mass is 397 g/mol. The highest BCUT2D eigenvalue weighted by Gasteiger charge is 2.33. The highest BCUT2D eigenvalue weighted by Crippen LogP contribution is 2.36. The van der Waals surface area contributed by atoms with Gasteiger partial charge in [0.15, 0.2) is 5.65 Å². The molecule has 1 aromatic carbocycles. The Hall–Kier alpha value is -3.75. The smallest absolute Gasteiger partial charge is 0.322 e. The van der Waals surface area contributed by atoms with Crippen LogP contribution in [0.1, 0.15) is 21.6 Å². The molecule has 9 heteroatoms. The van der Waals surface area contributed by atoms with Gasteiger partial charge >= 0.3 is 6.18 Å². The Morgan fingerprint density at radius 1 is 1.14 bits per heavy atom. The van der Waals surface area contributed by atoms with Crippen molar-refractivity contribution in [2.45, 2.75) is 13.1 Å². The number of hydrogen-bond donors (Lipinski definition) is 1. The van der Waals surface area contributed by atoms with Crippen LogP contribution < -0.4 is 5.32 Å². The molecule has 3 heterocycles. The van der Waals surface area contributed by atoms with Crippen molar-refractivity contribution in [2.75, 3.05) is 5.32 Å². The summed E-state index contributed by atoms with van der Waals surface area (Å²) in [4.78, 5) is 21.0. The number of amides is 1. The summed E-state index contributed by atoms with van der Waals surface area (Å²) < 4.78 is 41.4. The summed E-state index contributed by atoms with van der Waals surface area (Å²) in [7, 11) is 0. The van der Waals surface area contributed by atoms with Crippen LogP contribution >= 0.6 is 0 Å². The summed E-state index contributed by atoms with van der Waals surface area (Å²) in [5.74, 6) is -0.473. The molecule has 0 aliphatic carbocycles. The van der Waals surface area contributed by atoms with E-state index in [1.165, 1.54) is 41.2 Å². The van der Waals surface area contributed by atoms with Gasteiger partial charge in [0, 0.05) is 29.3 Å². The number of nitrogens with zero attached hydrogens (tertiary/aromatic N) is 4.